The monoisotopic (exact) mass is 564 g/mol. The molecule has 1 aliphatic heterocycles. The van der Waals surface area contributed by atoms with Crippen molar-refractivity contribution in [1.82, 2.24) is 9.88 Å². The van der Waals surface area contributed by atoms with Crippen molar-refractivity contribution < 1.29 is 14.3 Å². The second kappa shape index (κ2) is 11.6. The fourth-order valence-electron chi connectivity index (χ4n) is 6.70. The molecule has 1 saturated heterocycles. The smallest absolute Gasteiger partial charge is 0.244 e. The van der Waals surface area contributed by atoms with Gasteiger partial charge in [0.15, 0.2) is 0 Å². The van der Waals surface area contributed by atoms with Crippen LogP contribution < -0.4 is 10.2 Å². The van der Waals surface area contributed by atoms with E-state index < -0.39 is 0 Å². The van der Waals surface area contributed by atoms with Crippen LogP contribution in [-0.2, 0) is 20.9 Å². The number of aromatic nitrogens is 1. The van der Waals surface area contributed by atoms with Gasteiger partial charge in [0.05, 0.1) is 13.2 Å². The number of rotatable bonds is 9. The van der Waals surface area contributed by atoms with Crippen LogP contribution in [0.4, 0.5) is 11.4 Å². The number of carbonyl (C=O) groups is 2. The zero-order valence-corrected chi connectivity index (χ0v) is 24.7. The molecule has 1 aromatic heterocycles. The third kappa shape index (κ3) is 5.79. The standard InChI is InChI=1S/C35H40N4O3/c1-24-33(28-11-7-8-12-30(28)36-24)34-29(35(34,2)3)21-32(41)39(22-25-9-5-4-6-10-25)23-31(40)37-26-13-15-27(16-14-26)38-17-19-42-20-18-38/h4-16,29,34,36H,17-23H2,1-3H3,(H,37,40). The predicted molar refractivity (Wildman–Crippen MR) is 168 cm³/mol. The number of amides is 2. The van der Waals surface area contributed by atoms with Gasteiger partial charge in [-0.2, -0.15) is 0 Å². The predicted octanol–water partition coefficient (Wildman–Crippen LogP) is 6.11. The maximum atomic E-state index is 13.9. The second-order valence-electron chi connectivity index (χ2n) is 12.2. The van der Waals surface area contributed by atoms with Gasteiger partial charge in [0, 0.05) is 54.0 Å². The van der Waals surface area contributed by atoms with Crippen LogP contribution in [0.1, 0.15) is 43.0 Å². The number of aromatic amines is 1. The third-order valence-electron chi connectivity index (χ3n) is 9.13. The van der Waals surface area contributed by atoms with Crippen molar-refractivity contribution in [1.29, 1.82) is 0 Å². The molecule has 7 heteroatoms. The molecule has 2 unspecified atom stereocenters. The summed E-state index contributed by atoms with van der Waals surface area (Å²) in [4.78, 5) is 34.6. The summed E-state index contributed by atoms with van der Waals surface area (Å²) in [5.41, 5.74) is 6.47. The van der Waals surface area contributed by atoms with Crippen LogP contribution >= 0.6 is 0 Å². The number of benzene rings is 3. The minimum absolute atomic E-state index is 0.00285. The molecule has 2 heterocycles. The van der Waals surface area contributed by atoms with Crippen molar-refractivity contribution in [3.05, 3.63) is 95.7 Å². The molecule has 4 aromatic rings. The van der Waals surface area contributed by atoms with Crippen molar-refractivity contribution in [3.8, 4) is 0 Å². The molecule has 2 atom stereocenters. The molecule has 2 N–H and O–H groups in total. The van der Waals surface area contributed by atoms with Crippen LogP contribution in [0.25, 0.3) is 10.9 Å². The first kappa shape index (κ1) is 28.0. The normalized spacial score (nSPS) is 19.5. The minimum atomic E-state index is -0.197. The molecule has 1 aliphatic carbocycles. The Morgan fingerprint density at radius 1 is 0.976 bits per heavy atom. The van der Waals surface area contributed by atoms with Gasteiger partial charge in [0.25, 0.3) is 0 Å². The van der Waals surface area contributed by atoms with Crippen molar-refractivity contribution in [2.75, 3.05) is 43.1 Å². The molecule has 0 bridgehead atoms. The summed E-state index contributed by atoms with van der Waals surface area (Å²) < 4.78 is 5.45. The number of hydrogen-bond donors (Lipinski definition) is 2. The minimum Gasteiger partial charge on any atom is -0.378 e. The van der Waals surface area contributed by atoms with Gasteiger partial charge in [0.1, 0.15) is 6.54 Å². The first-order valence-electron chi connectivity index (χ1n) is 14.9. The highest BCUT2D eigenvalue weighted by atomic mass is 16.5. The zero-order valence-electron chi connectivity index (χ0n) is 24.7. The number of nitrogens with one attached hydrogen (secondary N) is 2. The van der Waals surface area contributed by atoms with Gasteiger partial charge in [-0.1, -0.05) is 62.4 Å². The van der Waals surface area contributed by atoms with Crippen LogP contribution in [0.3, 0.4) is 0 Å². The molecule has 218 valence electrons. The number of ether oxygens (including phenoxy) is 1. The Labute approximate surface area is 247 Å². The molecule has 0 radical (unpaired) electrons. The van der Waals surface area contributed by atoms with E-state index in [4.69, 9.17) is 4.74 Å². The SMILES string of the molecule is Cc1[nH]c2ccccc2c1C1C(CC(=O)N(CC(=O)Nc2ccc(N3CCOCC3)cc2)Cc2ccccc2)C1(C)C. The summed E-state index contributed by atoms with van der Waals surface area (Å²) in [5.74, 6) is 0.305. The number of fused-ring (bicyclic) bond motifs is 1. The molecule has 2 aliphatic rings. The van der Waals surface area contributed by atoms with E-state index in [1.54, 1.807) is 4.90 Å². The summed E-state index contributed by atoms with van der Waals surface area (Å²) in [6.45, 7) is 10.2. The molecular formula is C35H40N4O3. The van der Waals surface area contributed by atoms with E-state index in [9.17, 15) is 9.59 Å². The molecule has 2 amide bonds. The van der Waals surface area contributed by atoms with E-state index in [0.717, 1.165) is 48.8 Å². The molecule has 3 aromatic carbocycles. The zero-order chi connectivity index (χ0) is 29.3. The number of nitrogens with zero attached hydrogens (tertiary/aromatic N) is 2. The highest BCUT2D eigenvalue weighted by molar-refractivity contribution is 5.95. The average molecular weight is 565 g/mol. The van der Waals surface area contributed by atoms with Crippen molar-refractivity contribution in [2.24, 2.45) is 11.3 Å². The first-order chi connectivity index (χ1) is 20.3. The van der Waals surface area contributed by atoms with Gasteiger partial charge in [-0.3, -0.25) is 9.59 Å². The van der Waals surface area contributed by atoms with Gasteiger partial charge in [0.2, 0.25) is 11.8 Å². The van der Waals surface area contributed by atoms with Crippen LogP contribution in [-0.4, -0.2) is 54.5 Å². The van der Waals surface area contributed by atoms with Crippen molar-refractivity contribution in [2.45, 2.75) is 39.7 Å². The van der Waals surface area contributed by atoms with Crippen LogP contribution in [0.5, 0.6) is 0 Å². The van der Waals surface area contributed by atoms with Crippen LogP contribution in [0.2, 0.25) is 0 Å². The van der Waals surface area contributed by atoms with E-state index >= 15 is 0 Å². The van der Waals surface area contributed by atoms with Gasteiger partial charge in [-0.15, -0.1) is 0 Å². The third-order valence-corrected chi connectivity index (χ3v) is 9.13. The highest BCUT2D eigenvalue weighted by Crippen LogP contribution is 2.67. The maximum Gasteiger partial charge on any atom is 0.244 e. The molecule has 42 heavy (non-hydrogen) atoms. The van der Waals surface area contributed by atoms with Gasteiger partial charge in [-0.05, 0) is 65.6 Å². The van der Waals surface area contributed by atoms with E-state index in [2.05, 4.69) is 54.2 Å². The average Bonchev–Trinajstić information content (AvgIpc) is 3.34. The molecule has 0 spiro atoms. The quantitative estimate of drug-likeness (QED) is 0.257. The lowest BCUT2D eigenvalue weighted by molar-refractivity contribution is -0.135. The lowest BCUT2D eigenvalue weighted by atomic mass is 10.0. The van der Waals surface area contributed by atoms with Gasteiger partial charge in [-0.25, -0.2) is 0 Å². The Kier molecular flexibility index (Phi) is 7.78. The first-order valence-corrected chi connectivity index (χ1v) is 14.9. The van der Waals surface area contributed by atoms with Crippen LogP contribution in [0, 0.1) is 18.3 Å². The van der Waals surface area contributed by atoms with Gasteiger partial charge >= 0.3 is 0 Å². The van der Waals surface area contributed by atoms with E-state index in [-0.39, 0.29) is 35.6 Å². The number of aryl methyl sites for hydroxylation is 1. The lowest BCUT2D eigenvalue weighted by Crippen LogP contribution is -2.38. The fourth-order valence-corrected chi connectivity index (χ4v) is 6.70. The van der Waals surface area contributed by atoms with Gasteiger partial charge < -0.3 is 24.8 Å². The lowest BCUT2D eigenvalue weighted by Gasteiger charge is -2.29. The summed E-state index contributed by atoms with van der Waals surface area (Å²) in [6.07, 6.45) is 0.408. The molecule has 7 nitrogen and oxygen atoms in total. The topological polar surface area (TPSA) is 77.7 Å². The number of anilines is 2. The summed E-state index contributed by atoms with van der Waals surface area (Å²) in [7, 11) is 0. The maximum absolute atomic E-state index is 13.9. The number of morpholine rings is 1. The number of hydrogen-bond acceptors (Lipinski definition) is 4. The van der Waals surface area contributed by atoms with Crippen molar-refractivity contribution in [3.63, 3.8) is 0 Å². The fraction of sp³-hybridized carbons (Fsp3) is 0.371. The van der Waals surface area contributed by atoms with E-state index in [0.29, 0.717) is 13.0 Å². The summed E-state index contributed by atoms with van der Waals surface area (Å²) in [5, 5.41) is 4.25. The molecule has 1 saturated carbocycles. The molecule has 2 fully saturated rings. The molecule has 6 rings (SSSR count). The Bertz CT molecular complexity index is 1550. The van der Waals surface area contributed by atoms with E-state index in [1.165, 1.54) is 16.6 Å². The van der Waals surface area contributed by atoms with Crippen molar-refractivity contribution >= 4 is 34.1 Å². The summed E-state index contributed by atoms with van der Waals surface area (Å²) >= 11 is 0. The number of H-pyrrole nitrogens is 1. The Morgan fingerprint density at radius 3 is 2.40 bits per heavy atom. The highest BCUT2D eigenvalue weighted by Gasteiger charge is 2.59. The van der Waals surface area contributed by atoms with E-state index in [1.807, 2.05) is 60.7 Å². The molecular weight excluding hydrogens is 524 g/mol. The number of para-hydroxylation sites is 1. The Morgan fingerprint density at radius 2 is 1.67 bits per heavy atom. The van der Waals surface area contributed by atoms with Crippen LogP contribution in [0.15, 0.2) is 78.9 Å². The number of carbonyl (C=O) groups excluding carboxylic acids is 2. The second-order valence-corrected chi connectivity index (χ2v) is 12.2. The Balaban J connectivity index is 1.15. The Hall–Kier alpha value is -4.10. The largest absolute Gasteiger partial charge is 0.378 e. The summed E-state index contributed by atoms with van der Waals surface area (Å²) in [6, 6.07) is 26.2.